The quantitative estimate of drug-likeness (QED) is 0.560. The highest BCUT2D eigenvalue weighted by Crippen LogP contribution is 2.32. The summed E-state index contributed by atoms with van der Waals surface area (Å²) in [5, 5.41) is 12.9. The molecule has 0 aliphatic carbocycles. The van der Waals surface area contributed by atoms with E-state index in [1.807, 2.05) is 0 Å². The Labute approximate surface area is 179 Å². The van der Waals surface area contributed by atoms with Gasteiger partial charge in [0.25, 0.3) is 0 Å². The molecule has 1 unspecified atom stereocenters. The molecule has 0 amide bonds. The second-order valence-corrected chi connectivity index (χ2v) is 7.12. The number of rotatable bonds is 5. The van der Waals surface area contributed by atoms with Gasteiger partial charge in [-0.05, 0) is 36.8 Å². The van der Waals surface area contributed by atoms with E-state index in [9.17, 15) is 18.3 Å². The van der Waals surface area contributed by atoms with Gasteiger partial charge in [0.05, 0.1) is 11.7 Å². The molecule has 1 aromatic carbocycles. The van der Waals surface area contributed by atoms with Gasteiger partial charge in [-0.1, -0.05) is 23.7 Å². The normalized spacial score (nSPS) is 16.4. The SMILES string of the molecule is OC1CCN(c2nc(Nc3cccc(Cl)n3)nc(Oc3cccc(C(F)(F)F)c3)n2)C1. The highest BCUT2D eigenvalue weighted by atomic mass is 35.5. The molecule has 2 aromatic heterocycles. The van der Waals surface area contributed by atoms with Crippen molar-refractivity contribution in [1.29, 1.82) is 0 Å². The summed E-state index contributed by atoms with van der Waals surface area (Å²) in [6.07, 6.45) is -4.51. The standard InChI is InChI=1S/C19H16ClF3N6O2/c20-14-5-2-6-15(24-14)25-16-26-17(29-8-7-12(30)10-29)28-18(27-16)31-13-4-1-3-11(9-13)19(21,22)23/h1-6,9,12,30H,7-8,10H2,(H,24,25,26,27,28). The number of nitrogens with one attached hydrogen (secondary N) is 1. The first kappa shape index (κ1) is 21.1. The summed E-state index contributed by atoms with van der Waals surface area (Å²) in [5.74, 6) is 0.539. The van der Waals surface area contributed by atoms with Crippen LogP contribution in [0, 0.1) is 0 Å². The van der Waals surface area contributed by atoms with Crippen LogP contribution in [0.15, 0.2) is 42.5 Å². The van der Waals surface area contributed by atoms with Crippen molar-refractivity contribution < 1.29 is 23.0 Å². The van der Waals surface area contributed by atoms with Gasteiger partial charge in [-0.25, -0.2) is 4.98 Å². The van der Waals surface area contributed by atoms with Crippen molar-refractivity contribution in [1.82, 2.24) is 19.9 Å². The summed E-state index contributed by atoms with van der Waals surface area (Å²) in [6, 6.07) is 9.09. The molecule has 0 saturated carbocycles. The lowest BCUT2D eigenvalue weighted by molar-refractivity contribution is -0.137. The third-order valence-electron chi connectivity index (χ3n) is 4.37. The number of aliphatic hydroxyl groups is 1. The monoisotopic (exact) mass is 452 g/mol. The largest absolute Gasteiger partial charge is 0.424 e. The number of ether oxygens (including phenoxy) is 1. The molecule has 3 aromatic rings. The van der Waals surface area contributed by atoms with Crippen LogP contribution in [0.4, 0.5) is 30.9 Å². The van der Waals surface area contributed by atoms with Crippen LogP contribution in [0.25, 0.3) is 0 Å². The first-order valence-electron chi connectivity index (χ1n) is 9.20. The molecule has 3 heterocycles. The number of pyridine rings is 1. The van der Waals surface area contributed by atoms with Crippen molar-refractivity contribution >= 4 is 29.3 Å². The van der Waals surface area contributed by atoms with Crippen LogP contribution in [0.5, 0.6) is 11.8 Å². The molecule has 0 radical (unpaired) electrons. The van der Waals surface area contributed by atoms with E-state index in [4.69, 9.17) is 16.3 Å². The van der Waals surface area contributed by atoms with Crippen LogP contribution in [-0.2, 0) is 6.18 Å². The summed E-state index contributed by atoms with van der Waals surface area (Å²) in [5.41, 5.74) is -0.858. The van der Waals surface area contributed by atoms with Crippen LogP contribution in [0.3, 0.4) is 0 Å². The zero-order valence-electron chi connectivity index (χ0n) is 15.8. The number of halogens is 4. The first-order chi connectivity index (χ1) is 14.8. The number of nitrogens with zero attached hydrogens (tertiary/aromatic N) is 5. The average molecular weight is 453 g/mol. The Kier molecular flexibility index (Phi) is 5.79. The zero-order chi connectivity index (χ0) is 22.0. The zero-order valence-corrected chi connectivity index (χ0v) is 16.6. The van der Waals surface area contributed by atoms with E-state index in [0.29, 0.717) is 25.3 Å². The minimum absolute atomic E-state index is 0.0585. The smallest absolute Gasteiger partial charge is 0.416 e. The number of aromatic nitrogens is 4. The number of β-amino-alcohol motifs (C(OH)–C–C–N with tert-alkyl or cyclic N) is 1. The average Bonchev–Trinajstić information content (AvgIpc) is 3.14. The van der Waals surface area contributed by atoms with E-state index in [-0.39, 0.29) is 28.8 Å². The molecule has 1 atom stereocenters. The van der Waals surface area contributed by atoms with Crippen molar-refractivity contribution in [2.75, 3.05) is 23.3 Å². The van der Waals surface area contributed by atoms with E-state index in [1.165, 1.54) is 12.1 Å². The maximum absolute atomic E-state index is 13.0. The molecule has 0 bridgehead atoms. The number of benzene rings is 1. The number of alkyl halides is 3. The highest BCUT2D eigenvalue weighted by Gasteiger charge is 2.31. The number of hydrogen-bond donors (Lipinski definition) is 2. The number of aliphatic hydroxyl groups excluding tert-OH is 1. The molecule has 1 aliphatic rings. The summed E-state index contributed by atoms with van der Waals surface area (Å²) < 4.78 is 44.5. The molecule has 4 rings (SSSR count). The predicted molar refractivity (Wildman–Crippen MR) is 107 cm³/mol. The molecule has 2 N–H and O–H groups in total. The number of hydrogen-bond acceptors (Lipinski definition) is 8. The van der Waals surface area contributed by atoms with E-state index >= 15 is 0 Å². The van der Waals surface area contributed by atoms with Crippen molar-refractivity contribution in [3.63, 3.8) is 0 Å². The maximum atomic E-state index is 13.0. The molecule has 8 nitrogen and oxygen atoms in total. The van der Waals surface area contributed by atoms with Gasteiger partial charge < -0.3 is 20.1 Å². The Morgan fingerprint density at radius 3 is 2.61 bits per heavy atom. The fraction of sp³-hybridized carbons (Fsp3) is 0.263. The van der Waals surface area contributed by atoms with Crippen LogP contribution < -0.4 is 15.0 Å². The van der Waals surface area contributed by atoms with Gasteiger partial charge in [0.1, 0.15) is 16.7 Å². The van der Waals surface area contributed by atoms with Gasteiger partial charge >= 0.3 is 12.2 Å². The topological polar surface area (TPSA) is 96.3 Å². The molecular formula is C19H16ClF3N6O2. The molecule has 12 heteroatoms. The van der Waals surface area contributed by atoms with E-state index in [0.717, 1.165) is 12.1 Å². The van der Waals surface area contributed by atoms with E-state index in [1.54, 1.807) is 23.1 Å². The highest BCUT2D eigenvalue weighted by molar-refractivity contribution is 6.29. The maximum Gasteiger partial charge on any atom is 0.416 e. The lowest BCUT2D eigenvalue weighted by Gasteiger charge is -2.17. The van der Waals surface area contributed by atoms with Gasteiger partial charge in [0, 0.05) is 13.1 Å². The molecule has 1 saturated heterocycles. The summed E-state index contributed by atoms with van der Waals surface area (Å²) >= 11 is 5.90. The van der Waals surface area contributed by atoms with Crippen LogP contribution >= 0.6 is 11.6 Å². The Hall–Kier alpha value is -3.18. The third-order valence-corrected chi connectivity index (χ3v) is 4.59. The second kappa shape index (κ2) is 8.52. The number of anilines is 3. The fourth-order valence-electron chi connectivity index (χ4n) is 2.95. The van der Waals surface area contributed by atoms with Crippen LogP contribution in [-0.4, -0.2) is 44.2 Å². The van der Waals surface area contributed by atoms with Crippen molar-refractivity contribution in [3.05, 3.63) is 53.2 Å². The van der Waals surface area contributed by atoms with Gasteiger partial charge in [0.2, 0.25) is 11.9 Å². The van der Waals surface area contributed by atoms with Crippen LogP contribution in [0.2, 0.25) is 5.15 Å². The molecule has 1 aliphatic heterocycles. The first-order valence-corrected chi connectivity index (χ1v) is 9.58. The van der Waals surface area contributed by atoms with Gasteiger partial charge in [0.15, 0.2) is 0 Å². The van der Waals surface area contributed by atoms with Crippen molar-refractivity contribution in [2.45, 2.75) is 18.7 Å². The Balaban J connectivity index is 1.66. The molecule has 162 valence electrons. The van der Waals surface area contributed by atoms with Gasteiger partial charge in [-0.15, -0.1) is 0 Å². The minimum atomic E-state index is -4.51. The second-order valence-electron chi connectivity index (χ2n) is 6.73. The Morgan fingerprint density at radius 2 is 1.90 bits per heavy atom. The lowest BCUT2D eigenvalue weighted by Crippen LogP contribution is -2.24. The molecule has 1 fully saturated rings. The Bertz CT molecular complexity index is 1080. The van der Waals surface area contributed by atoms with Gasteiger partial charge in [-0.2, -0.15) is 28.1 Å². The molecule has 31 heavy (non-hydrogen) atoms. The summed E-state index contributed by atoms with van der Waals surface area (Å²) in [7, 11) is 0. The predicted octanol–water partition coefficient (Wildman–Crippen LogP) is 4.05. The molecule has 0 spiro atoms. The van der Waals surface area contributed by atoms with Gasteiger partial charge in [-0.3, -0.25) is 0 Å². The summed E-state index contributed by atoms with van der Waals surface area (Å²) in [4.78, 5) is 18.5. The van der Waals surface area contributed by atoms with Crippen LogP contribution in [0.1, 0.15) is 12.0 Å². The van der Waals surface area contributed by atoms with E-state index < -0.39 is 17.8 Å². The van der Waals surface area contributed by atoms with Crippen molar-refractivity contribution in [2.24, 2.45) is 0 Å². The van der Waals surface area contributed by atoms with Crippen molar-refractivity contribution in [3.8, 4) is 11.8 Å². The third kappa shape index (κ3) is 5.30. The molecular weight excluding hydrogens is 437 g/mol. The summed E-state index contributed by atoms with van der Waals surface area (Å²) in [6.45, 7) is 0.810. The Morgan fingerprint density at radius 1 is 1.10 bits per heavy atom. The van der Waals surface area contributed by atoms with E-state index in [2.05, 4.69) is 25.3 Å². The lowest BCUT2D eigenvalue weighted by atomic mass is 10.2. The minimum Gasteiger partial charge on any atom is -0.424 e. The fourth-order valence-corrected chi connectivity index (χ4v) is 3.11.